The van der Waals surface area contributed by atoms with Gasteiger partial charge in [0.15, 0.2) is 0 Å². The van der Waals surface area contributed by atoms with Crippen molar-refractivity contribution in [2.45, 2.75) is 37.8 Å². The summed E-state index contributed by atoms with van der Waals surface area (Å²) in [6, 6.07) is 0. The first-order valence-electron chi connectivity index (χ1n) is 4.21. The monoisotopic (exact) mass is 173 g/mol. The van der Waals surface area contributed by atoms with Crippen LogP contribution in [0.15, 0.2) is 0 Å². The topological polar surface area (TPSA) is 69.6 Å². The number of hydrogen-bond donors (Lipinski definition) is 3. The molecule has 0 aromatic heterocycles. The summed E-state index contributed by atoms with van der Waals surface area (Å²) in [5.41, 5.74) is -0.436. The van der Waals surface area contributed by atoms with Gasteiger partial charge in [0.05, 0.1) is 12.1 Å². The Balaban J connectivity index is 2.43. The van der Waals surface area contributed by atoms with Crippen LogP contribution in [-0.4, -0.2) is 34.4 Å². The Hall–Kier alpha value is -0.610. The van der Waals surface area contributed by atoms with Crippen molar-refractivity contribution < 1.29 is 15.0 Å². The quantitative estimate of drug-likeness (QED) is 0.533. The molecule has 1 aliphatic carbocycles. The first-order chi connectivity index (χ1) is 5.59. The van der Waals surface area contributed by atoms with Gasteiger partial charge in [-0.2, -0.15) is 0 Å². The zero-order chi connectivity index (χ0) is 9.19. The lowest BCUT2D eigenvalue weighted by Gasteiger charge is -2.41. The third-order valence-electron chi connectivity index (χ3n) is 2.38. The smallest absolute Gasteiger partial charge is 0.249 e. The minimum atomic E-state index is -0.992. The number of amides is 1. The second kappa shape index (κ2) is 3.41. The van der Waals surface area contributed by atoms with E-state index in [9.17, 15) is 4.79 Å². The summed E-state index contributed by atoms with van der Waals surface area (Å²) in [5, 5.41) is 20.5. The molecule has 12 heavy (non-hydrogen) atoms. The minimum Gasteiger partial charge on any atom is -0.394 e. The van der Waals surface area contributed by atoms with Gasteiger partial charge in [0.2, 0.25) is 5.91 Å². The van der Waals surface area contributed by atoms with Gasteiger partial charge in [-0.05, 0) is 26.2 Å². The van der Waals surface area contributed by atoms with E-state index in [1.54, 1.807) is 0 Å². The van der Waals surface area contributed by atoms with E-state index in [-0.39, 0.29) is 6.61 Å². The van der Waals surface area contributed by atoms with E-state index in [1.807, 2.05) is 0 Å². The third kappa shape index (κ3) is 1.76. The van der Waals surface area contributed by atoms with E-state index in [4.69, 9.17) is 10.2 Å². The Labute approximate surface area is 71.6 Å². The zero-order valence-electron chi connectivity index (χ0n) is 7.21. The summed E-state index contributed by atoms with van der Waals surface area (Å²) in [7, 11) is 0. The second-order valence-electron chi connectivity index (χ2n) is 3.46. The molecule has 1 fully saturated rings. The number of aliphatic hydroxyl groups excluding tert-OH is 2. The van der Waals surface area contributed by atoms with E-state index in [0.29, 0.717) is 0 Å². The molecule has 0 radical (unpaired) electrons. The van der Waals surface area contributed by atoms with Crippen LogP contribution >= 0.6 is 0 Å². The molecule has 0 bridgehead atoms. The first-order valence-corrected chi connectivity index (χ1v) is 4.21. The standard InChI is InChI=1S/C8H15NO3/c1-6(11)7(12)9-8(5-10)3-2-4-8/h6,10-11H,2-5H2,1H3,(H,9,12). The number of rotatable bonds is 3. The molecule has 1 amide bonds. The summed E-state index contributed by atoms with van der Waals surface area (Å²) < 4.78 is 0. The minimum absolute atomic E-state index is 0.0362. The largest absolute Gasteiger partial charge is 0.394 e. The molecule has 1 saturated carbocycles. The van der Waals surface area contributed by atoms with Gasteiger partial charge in [-0.15, -0.1) is 0 Å². The molecule has 0 saturated heterocycles. The fourth-order valence-corrected chi connectivity index (χ4v) is 1.29. The molecule has 0 aromatic carbocycles. The number of carbonyl (C=O) groups excluding carboxylic acids is 1. The zero-order valence-corrected chi connectivity index (χ0v) is 7.21. The van der Waals surface area contributed by atoms with Crippen LogP contribution < -0.4 is 5.32 Å². The normalized spacial score (nSPS) is 22.6. The van der Waals surface area contributed by atoms with Gasteiger partial charge >= 0.3 is 0 Å². The van der Waals surface area contributed by atoms with Crippen LogP contribution in [0.4, 0.5) is 0 Å². The van der Waals surface area contributed by atoms with Gasteiger partial charge in [0.25, 0.3) is 0 Å². The maximum atomic E-state index is 11.0. The Kier molecular flexibility index (Phi) is 2.69. The Bertz CT molecular complexity index is 170. The number of carbonyl (C=O) groups is 1. The molecule has 4 heteroatoms. The molecular formula is C8H15NO3. The van der Waals surface area contributed by atoms with Crippen molar-refractivity contribution in [3.8, 4) is 0 Å². The van der Waals surface area contributed by atoms with Crippen molar-refractivity contribution in [3.05, 3.63) is 0 Å². The Morgan fingerprint density at radius 3 is 2.50 bits per heavy atom. The van der Waals surface area contributed by atoms with Crippen LogP contribution in [0.5, 0.6) is 0 Å². The summed E-state index contributed by atoms with van der Waals surface area (Å²) in [6.45, 7) is 1.38. The molecule has 0 spiro atoms. The van der Waals surface area contributed by atoms with Crippen molar-refractivity contribution in [2.24, 2.45) is 0 Å². The van der Waals surface area contributed by atoms with E-state index in [1.165, 1.54) is 6.92 Å². The van der Waals surface area contributed by atoms with Gasteiger partial charge in [0.1, 0.15) is 6.10 Å². The fourth-order valence-electron chi connectivity index (χ4n) is 1.29. The highest BCUT2D eigenvalue weighted by Crippen LogP contribution is 2.31. The number of hydrogen-bond acceptors (Lipinski definition) is 3. The van der Waals surface area contributed by atoms with E-state index < -0.39 is 17.6 Å². The lowest BCUT2D eigenvalue weighted by atomic mass is 9.77. The summed E-state index contributed by atoms with van der Waals surface area (Å²) in [6.07, 6.45) is 1.65. The lowest BCUT2D eigenvalue weighted by Crippen LogP contribution is -2.58. The van der Waals surface area contributed by atoms with E-state index in [0.717, 1.165) is 19.3 Å². The second-order valence-corrected chi connectivity index (χ2v) is 3.46. The van der Waals surface area contributed by atoms with Crippen LogP contribution in [0.1, 0.15) is 26.2 Å². The molecule has 70 valence electrons. The van der Waals surface area contributed by atoms with Gasteiger partial charge < -0.3 is 15.5 Å². The molecule has 0 heterocycles. The third-order valence-corrected chi connectivity index (χ3v) is 2.38. The van der Waals surface area contributed by atoms with Gasteiger partial charge in [-0.1, -0.05) is 0 Å². The van der Waals surface area contributed by atoms with Crippen molar-refractivity contribution in [1.82, 2.24) is 5.32 Å². The van der Waals surface area contributed by atoms with E-state index >= 15 is 0 Å². The summed E-state index contributed by atoms with van der Waals surface area (Å²) in [4.78, 5) is 11.0. The average molecular weight is 173 g/mol. The highest BCUT2D eigenvalue weighted by atomic mass is 16.3. The molecule has 0 aromatic rings. The molecule has 1 unspecified atom stereocenters. The molecule has 4 nitrogen and oxygen atoms in total. The van der Waals surface area contributed by atoms with Crippen LogP contribution in [0.3, 0.4) is 0 Å². The van der Waals surface area contributed by atoms with Crippen LogP contribution in [-0.2, 0) is 4.79 Å². The van der Waals surface area contributed by atoms with Crippen LogP contribution in [0, 0.1) is 0 Å². The number of nitrogens with one attached hydrogen (secondary N) is 1. The highest BCUT2D eigenvalue weighted by Gasteiger charge is 2.38. The lowest BCUT2D eigenvalue weighted by molar-refractivity contribution is -0.132. The number of aliphatic hydroxyl groups is 2. The molecule has 1 aliphatic rings. The Morgan fingerprint density at radius 1 is 1.67 bits per heavy atom. The fraction of sp³-hybridized carbons (Fsp3) is 0.875. The van der Waals surface area contributed by atoms with Crippen LogP contribution in [0.25, 0.3) is 0 Å². The maximum absolute atomic E-state index is 11.0. The first kappa shape index (κ1) is 9.48. The molecule has 3 N–H and O–H groups in total. The van der Waals surface area contributed by atoms with Gasteiger partial charge in [-0.25, -0.2) is 0 Å². The van der Waals surface area contributed by atoms with Gasteiger partial charge in [0, 0.05) is 0 Å². The van der Waals surface area contributed by atoms with E-state index in [2.05, 4.69) is 5.32 Å². The summed E-state index contributed by atoms with van der Waals surface area (Å²) >= 11 is 0. The maximum Gasteiger partial charge on any atom is 0.249 e. The van der Waals surface area contributed by atoms with Crippen molar-refractivity contribution in [2.75, 3.05) is 6.61 Å². The van der Waals surface area contributed by atoms with Crippen LogP contribution in [0.2, 0.25) is 0 Å². The predicted octanol–water partition coefficient (Wildman–Crippen LogP) is -0.602. The Morgan fingerprint density at radius 2 is 2.25 bits per heavy atom. The van der Waals surface area contributed by atoms with Crippen molar-refractivity contribution >= 4 is 5.91 Å². The highest BCUT2D eigenvalue weighted by molar-refractivity contribution is 5.80. The predicted molar refractivity (Wildman–Crippen MR) is 43.5 cm³/mol. The molecule has 1 rings (SSSR count). The molecule has 0 aliphatic heterocycles. The summed E-state index contributed by atoms with van der Waals surface area (Å²) in [5.74, 6) is -0.399. The van der Waals surface area contributed by atoms with Gasteiger partial charge in [-0.3, -0.25) is 4.79 Å². The molecular weight excluding hydrogens is 158 g/mol. The average Bonchev–Trinajstić information content (AvgIpc) is 1.96. The van der Waals surface area contributed by atoms with Crippen molar-refractivity contribution in [1.29, 1.82) is 0 Å². The molecule has 1 atom stereocenters. The SMILES string of the molecule is CC(O)C(=O)NC1(CO)CCC1. The van der Waals surface area contributed by atoms with Crippen molar-refractivity contribution in [3.63, 3.8) is 0 Å².